The van der Waals surface area contributed by atoms with Gasteiger partial charge in [0, 0.05) is 25.3 Å². The van der Waals surface area contributed by atoms with E-state index in [1.54, 1.807) is 7.11 Å². The first-order chi connectivity index (χ1) is 14.6. The van der Waals surface area contributed by atoms with E-state index in [1.807, 2.05) is 0 Å². The van der Waals surface area contributed by atoms with Gasteiger partial charge < -0.3 is 19.7 Å². The molecule has 0 spiro atoms. The largest absolute Gasteiger partial charge is 0.496 e. The van der Waals surface area contributed by atoms with Crippen molar-refractivity contribution in [3.63, 3.8) is 0 Å². The molecule has 0 amide bonds. The molecule has 1 fully saturated rings. The number of methoxy groups -OCH3 is 1. The van der Waals surface area contributed by atoms with Gasteiger partial charge in [-0.15, -0.1) is 0 Å². The van der Waals surface area contributed by atoms with Gasteiger partial charge in [-0.05, 0) is 11.5 Å². The maximum atomic E-state index is 5.62. The van der Waals surface area contributed by atoms with Crippen LogP contribution in [0.15, 0.2) is 42.8 Å². The van der Waals surface area contributed by atoms with Crippen molar-refractivity contribution >= 4 is 5.70 Å². The molecule has 2 aliphatic heterocycles. The lowest BCUT2D eigenvalue weighted by Gasteiger charge is -2.24. The van der Waals surface area contributed by atoms with Gasteiger partial charge in [-0.25, -0.2) is 0 Å². The molecule has 0 radical (unpaired) electrons. The monoisotopic (exact) mass is 414 g/mol. The summed E-state index contributed by atoms with van der Waals surface area (Å²) in [4.78, 5) is 2.40. The number of nitrogens with zero attached hydrogens (tertiary/aromatic N) is 1. The Balaban J connectivity index is 0.000000266. The van der Waals surface area contributed by atoms with Crippen LogP contribution in [0.25, 0.3) is 5.70 Å². The van der Waals surface area contributed by atoms with Crippen molar-refractivity contribution in [2.75, 3.05) is 27.0 Å². The van der Waals surface area contributed by atoms with Crippen molar-refractivity contribution in [3.05, 3.63) is 53.9 Å². The van der Waals surface area contributed by atoms with Crippen LogP contribution < -0.4 is 5.32 Å². The Hall–Kier alpha value is -1.94. The van der Waals surface area contributed by atoms with Gasteiger partial charge in [0.05, 0.1) is 25.0 Å². The molecular weight excluding hydrogens is 372 g/mol. The van der Waals surface area contributed by atoms with E-state index in [1.165, 1.54) is 55.3 Å². The Morgan fingerprint density at radius 2 is 1.87 bits per heavy atom. The molecule has 1 aromatic carbocycles. The molecule has 4 rings (SSSR count). The fourth-order valence-corrected chi connectivity index (χ4v) is 4.24. The Kier molecular flexibility index (Phi) is 10.9. The van der Waals surface area contributed by atoms with E-state index in [9.17, 15) is 0 Å². The average molecular weight is 415 g/mol. The lowest BCUT2D eigenvalue weighted by Crippen LogP contribution is -2.24. The van der Waals surface area contributed by atoms with Crippen LogP contribution in [-0.2, 0) is 9.47 Å². The second-order valence-corrected chi connectivity index (χ2v) is 8.52. The number of hydrogen-bond donors (Lipinski definition) is 1. The normalized spacial score (nSPS) is 19.3. The van der Waals surface area contributed by atoms with Crippen molar-refractivity contribution in [2.24, 2.45) is 5.92 Å². The smallest absolute Gasteiger partial charge is 0.114 e. The standard InChI is InChI=1S/C16H20N2O2.C7H14.C3H8/c1-12(10-19-2)20-8-7-15-13-5-3-4-6-14(13)16-9-17-11-18(15)16;1-7-5-3-2-4-6-7;1-3-2/h3-6,9,15,17H,1,7-8,10-11H2,2H3;7H,2-6H2,1H3;3H2,1-2H3. The van der Waals surface area contributed by atoms with E-state index < -0.39 is 0 Å². The molecule has 1 N–H and O–H groups in total. The lowest BCUT2D eigenvalue weighted by atomic mass is 9.91. The summed E-state index contributed by atoms with van der Waals surface area (Å²) in [6, 6.07) is 8.97. The van der Waals surface area contributed by atoms with E-state index in [0.717, 1.165) is 19.0 Å². The molecule has 4 heteroatoms. The zero-order valence-corrected chi connectivity index (χ0v) is 19.6. The summed E-state index contributed by atoms with van der Waals surface area (Å²) in [7, 11) is 1.65. The number of hydrogen-bond acceptors (Lipinski definition) is 4. The minimum Gasteiger partial charge on any atom is -0.496 e. The second kappa shape index (κ2) is 13.4. The molecule has 3 aliphatic rings. The van der Waals surface area contributed by atoms with Gasteiger partial charge in [0.15, 0.2) is 0 Å². The quantitative estimate of drug-likeness (QED) is 0.541. The molecule has 30 heavy (non-hydrogen) atoms. The Bertz CT molecular complexity index is 665. The summed E-state index contributed by atoms with van der Waals surface area (Å²) in [5, 5.41) is 3.30. The van der Waals surface area contributed by atoms with E-state index in [0.29, 0.717) is 25.0 Å². The molecule has 0 bridgehead atoms. The molecular formula is C26H42N2O2. The van der Waals surface area contributed by atoms with Crippen LogP contribution in [0.3, 0.4) is 0 Å². The number of fused-ring (bicyclic) bond motifs is 3. The maximum absolute atomic E-state index is 5.62. The summed E-state index contributed by atoms with van der Waals surface area (Å²) in [6.07, 6.45) is 11.7. The first-order valence-corrected chi connectivity index (χ1v) is 11.7. The fraction of sp³-hybridized carbons (Fsp3) is 0.615. The van der Waals surface area contributed by atoms with E-state index in [4.69, 9.17) is 9.47 Å². The maximum Gasteiger partial charge on any atom is 0.114 e. The minimum absolute atomic E-state index is 0.378. The topological polar surface area (TPSA) is 33.7 Å². The Labute approximate surface area is 184 Å². The van der Waals surface area contributed by atoms with Gasteiger partial charge in [-0.3, -0.25) is 0 Å². The van der Waals surface area contributed by atoms with Crippen LogP contribution in [0.5, 0.6) is 0 Å². The van der Waals surface area contributed by atoms with Crippen LogP contribution >= 0.6 is 0 Å². The SMILES string of the molecule is C=C(COC)OCCC1c2ccccc2C2=CNCN21.CC1CCCCC1.CCC. The number of nitrogens with one attached hydrogen (secondary N) is 1. The summed E-state index contributed by atoms with van der Waals surface area (Å²) in [6.45, 7) is 12.4. The van der Waals surface area contributed by atoms with Gasteiger partial charge in [0.2, 0.25) is 0 Å². The van der Waals surface area contributed by atoms with Crippen LogP contribution in [0.1, 0.15) is 82.9 Å². The molecule has 1 saturated carbocycles. The molecule has 0 aromatic heterocycles. The van der Waals surface area contributed by atoms with E-state index in [2.05, 4.69) is 68.0 Å². The first-order valence-electron chi connectivity index (χ1n) is 11.7. The highest BCUT2D eigenvalue weighted by atomic mass is 16.5. The van der Waals surface area contributed by atoms with Crippen LogP contribution in [-0.4, -0.2) is 31.9 Å². The van der Waals surface area contributed by atoms with Crippen molar-refractivity contribution in [3.8, 4) is 0 Å². The summed E-state index contributed by atoms with van der Waals surface area (Å²) >= 11 is 0. The number of ether oxygens (including phenoxy) is 2. The second-order valence-electron chi connectivity index (χ2n) is 8.52. The third kappa shape index (κ3) is 7.09. The first kappa shape index (κ1) is 24.3. The number of rotatable bonds is 6. The summed E-state index contributed by atoms with van der Waals surface area (Å²) in [5.41, 5.74) is 4.01. The average Bonchev–Trinajstić information content (AvgIpc) is 3.32. The molecule has 168 valence electrons. The fourth-order valence-electron chi connectivity index (χ4n) is 4.24. The van der Waals surface area contributed by atoms with Crippen molar-refractivity contribution in [1.82, 2.24) is 10.2 Å². The van der Waals surface area contributed by atoms with Crippen LogP contribution in [0, 0.1) is 5.92 Å². The lowest BCUT2D eigenvalue weighted by molar-refractivity contribution is 0.119. The minimum atomic E-state index is 0.378. The zero-order chi connectivity index (χ0) is 21.8. The van der Waals surface area contributed by atoms with Gasteiger partial charge >= 0.3 is 0 Å². The van der Waals surface area contributed by atoms with Crippen LogP contribution in [0.4, 0.5) is 0 Å². The van der Waals surface area contributed by atoms with Gasteiger partial charge in [0.1, 0.15) is 12.4 Å². The molecule has 1 aliphatic carbocycles. The molecule has 2 heterocycles. The molecule has 1 unspecified atom stereocenters. The van der Waals surface area contributed by atoms with Crippen molar-refractivity contribution < 1.29 is 9.47 Å². The predicted molar refractivity (Wildman–Crippen MR) is 127 cm³/mol. The van der Waals surface area contributed by atoms with E-state index in [-0.39, 0.29) is 0 Å². The zero-order valence-electron chi connectivity index (χ0n) is 19.6. The van der Waals surface area contributed by atoms with Gasteiger partial charge in [0.25, 0.3) is 0 Å². The van der Waals surface area contributed by atoms with Crippen molar-refractivity contribution in [1.29, 1.82) is 0 Å². The third-order valence-corrected chi connectivity index (χ3v) is 5.68. The van der Waals surface area contributed by atoms with E-state index >= 15 is 0 Å². The highest BCUT2D eigenvalue weighted by Gasteiger charge is 2.35. The Morgan fingerprint density at radius 3 is 2.50 bits per heavy atom. The third-order valence-electron chi connectivity index (χ3n) is 5.68. The molecule has 1 aromatic rings. The summed E-state index contributed by atoms with van der Waals surface area (Å²) in [5.74, 6) is 1.72. The summed E-state index contributed by atoms with van der Waals surface area (Å²) < 4.78 is 10.6. The Morgan fingerprint density at radius 1 is 1.17 bits per heavy atom. The molecule has 0 saturated heterocycles. The molecule has 4 nitrogen and oxygen atoms in total. The highest BCUT2D eigenvalue weighted by Crippen LogP contribution is 2.43. The van der Waals surface area contributed by atoms with Crippen LogP contribution in [0.2, 0.25) is 0 Å². The number of benzene rings is 1. The van der Waals surface area contributed by atoms with Crippen molar-refractivity contribution in [2.45, 2.75) is 71.8 Å². The van der Waals surface area contributed by atoms with Gasteiger partial charge in [-0.2, -0.15) is 0 Å². The predicted octanol–water partition coefficient (Wildman–Crippen LogP) is 6.47. The molecule has 1 atom stereocenters. The van der Waals surface area contributed by atoms with Gasteiger partial charge in [-0.1, -0.05) is 90.1 Å². The highest BCUT2D eigenvalue weighted by molar-refractivity contribution is 5.73.